The van der Waals surface area contributed by atoms with Gasteiger partial charge in [-0.05, 0) is 19.1 Å². The molecule has 1 aromatic carbocycles. The van der Waals surface area contributed by atoms with Crippen LogP contribution in [0.1, 0.15) is 5.56 Å². The minimum absolute atomic E-state index is 0.525. The van der Waals surface area contributed by atoms with E-state index >= 15 is 0 Å². The molecule has 0 bridgehead atoms. The highest BCUT2D eigenvalue weighted by molar-refractivity contribution is 5.34. The lowest BCUT2D eigenvalue weighted by molar-refractivity contribution is 0.787. The third-order valence-corrected chi connectivity index (χ3v) is 2.47. The summed E-state index contributed by atoms with van der Waals surface area (Å²) in [4.78, 5) is 23.2. The van der Waals surface area contributed by atoms with E-state index in [1.807, 2.05) is 31.2 Å². The lowest BCUT2D eigenvalue weighted by atomic mass is 10.2. The van der Waals surface area contributed by atoms with Crippen LogP contribution < -0.4 is 11.1 Å². The predicted molar refractivity (Wildman–Crippen MR) is 62.0 cm³/mol. The van der Waals surface area contributed by atoms with Gasteiger partial charge >= 0.3 is 11.1 Å². The van der Waals surface area contributed by atoms with Gasteiger partial charge in [0.1, 0.15) is 0 Å². The summed E-state index contributed by atoms with van der Waals surface area (Å²) < 4.78 is 2.62. The lowest BCUT2D eigenvalue weighted by Gasteiger charge is -2.06. The molecule has 0 aliphatic carbocycles. The van der Waals surface area contributed by atoms with Gasteiger partial charge in [0.2, 0.25) is 0 Å². The number of hydrogen-bond donors (Lipinski definition) is 0. The van der Waals surface area contributed by atoms with Crippen LogP contribution in [0, 0.1) is 6.92 Å². The van der Waals surface area contributed by atoms with E-state index in [-0.39, 0.29) is 0 Å². The van der Waals surface area contributed by atoms with E-state index in [2.05, 4.69) is 0 Å². The van der Waals surface area contributed by atoms with Gasteiger partial charge < -0.3 is 4.57 Å². The molecule has 1 heterocycles. The fourth-order valence-corrected chi connectivity index (χ4v) is 1.46. The maximum absolute atomic E-state index is 11.7. The largest absolute Gasteiger partial charge is 0.320 e. The summed E-state index contributed by atoms with van der Waals surface area (Å²) in [5.74, 6) is 0. The van der Waals surface area contributed by atoms with Crippen molar-refractivity contribution >= 4 is 0 Å². The monoisotopic (exact) mass is 216 g/mol. The molecular formula is C12H12N2O2. The van der Waals surface area contributed by atoms with Crippen molar-refractivity contribution in [3.63, 3.8) is 0 Å². The van der Waals surface area contributed by atoms with Crippen LogP contribution in [0.4, 0.5) is 0 Å². The molecule has 16 heavy (non-hydrogen) atoms. The molecule has 0 aliphatic heterocycles. The minimum Gasteiger partial charge on any atom is -0.312 e. The van der Waals surface area contributed by atoms with Gasteiger partial charge in [-0.3, -0.25) is 14.2 Å². The van der Waals surface area contributed by atoms with Crippen LogP contribution in [0.5, 0.6) is 0 Å². The van der Waals surface area contributed by atoms with E-state index in [0.717, 1.165) is 5.56 Å². The zero-order chi connectivity index (χ0) is 11.7. The maximum atomic E-state index is 11.7. The molecule has 0 fully saturated rings. The Balaban J connectivity index is 2.66. The lowest BCUT2D eigenvalue weighted by Crippen LogP contribution is -2.38. The normalized spacial score (nSPS) is 10.4. The van der Waals surface area contributed by atoms with E-state index in [4.69, 9.17) is 0 Å². The molecule has 4 heteroatoms. The average Bonchev–Trinajstić information content (AvgIpc) is 2.28. The van der Waals surface area contributed by atoms with Crippen molar-refractivity contribution in [3.05, 3.63) is 62.9 Å². The molecule has 0 radical (unpaired) electrons. The number of nitrogens with zero attached hydrogens (tertiary/aromatic N) is 2. The smallest absolute Gasteiger partial charge is 0.312 e. The third-order valence-electron chi connectivity index (χ3n) is 2.47. The van der Waals surface area contributed by atoms with Crippen molar-refractivity contribution in [2.24, 2.45) is 7.05 Å². The van der Waals surface area contributed by atoms with Gasteiger partial charge in [-0.15, -0.1) is 0 Å². The zero-order valence-corrected chi connectivity index (χ0v) is 9.18. The number of rotatable bonds is 1. The van der Waals surface area contributed by atoms with Crippen molar-refractivity contribution < 1.29 is 0 Å². The Labute approximate surface area is 92.4 Å². The van der Waals surface area contributed by atoms with Crippen LogP contribution in [0.3, 0.4) is 0 Å². The first-order valence-corrected chi connectivity index (χ1v) is 4.95. The Morgan fingerprint density at radius 1 is 0.938 bits per heavy atom. The van der Waals surface area contributed by atoms with Crippen LogP contribution in [0.25, 0.3) is 5.69 Å². The van der Waals surface area contributed by atoms with Crippen LogP contribution in [-0.2, 0) is 7.05 Å². The Kier molecular flexibility index (Phi) is 2.48. The maximum Gasteiger partial charge on any atom is 0.320 e. The van der Waals surface area contributed by atoms with Gasteiger partial charge in [-0.2, -0.15) is 0 Å². The number of benzene rings is 1. The standard InChI is InChI=1S/C12H12N2O2/c1-9-3-5-10(6-4-9)14-8-7-13(2)11(15)12(14)16/h3-8H,1-2H3. The molecule has 0 amide bonds. The van der Waals surface area contributed by atoms with Gasteiger partial charge in [-0.25, -0.2) is 0 Å². The van der Waals surface area contributed by atoms with E-state index in [1.54, 1.807) is 19.4 Å². The minimum atomic E-state index is -0.533. The Morgan fingerprint density at radius 2 is 1.56 bits per heavy atom. The quantitative estimate of drug-likeness (QED) is 0.663. The summed E-state index contributed by atoms with van der Waals surface area (Å²) >= 11 is 0. The summed E-state index contributed by atoms with van der Waals surface area (Å²) in [6.45, 7) is 1.97. The van der Waals surface area contributed by atoms with Crippen molar-refractivity contribution in [2.45, 2.75) is 6.92 Å². The topological polar surface area (TPSA) is 44.0 Å². The second-order valence-corrected chi connectivity index (χ2v) is 3.72. The molecule has 0 spiro atoms. The van der Waals surface area contributed by atoms with E-state index in [1.165, 1.54) is 9.13 Å². The van der Waals surface area contributed by atoms with Crippen LogP contribution in [0.15, 0.2) is 46.2 Å². The molecule has 0 unspecified atom stereocenters. The SMILES string of the molecule is Cc1ccc(-n2ccn(C)c(=O)c2=O)cc1. The summed E-state index contributed by atoms with van der Waals surface area (Å²) in [7, 11) is 1.56. The zero-order valence-electron chi connectivity index (χ0n) is 9.18. The van der Waals surface area contributed by atoms with E-state index in [0.29, 0.717) is 5.69 Å². The fraction of sp³-hybridized carbons (Fsp3) is 0.167. The van der Waals surface area contributed by atoms with Crippen LogP contribution >= 0.6 is 0 Å². The third kappa shape index (κ3) is 1.69. The van der Waals surface area contributed by atoms with Crippen molar-refractivity contribution in [1.29, 1.82) is 0 Å². The highest BCUT2D eigenvalue weighted by atomic mass is 16.2. The van der Waals surface area contributed by atoms with Crippen molar-refractivity contribution in [2.75, 3.05) is 0 Å². The van der Waals surface area contributed by atoms with Gasteiger partial charge in [0.25, 0.3) is 0 Å². The van der Waals surface area contributed by atoms with Crippen molar-refractivity contribution in [3.8, 4) is 5.69 Å². The second-order valence-electron chi connectivity index (χ2n) is 3.72. The molecule has 0 aliphatic rings. The van der Waals surface area contributed by atoms with Gasteiger partial charge in [0.05, 0.1) is 0 Å². The number of aryl methyl sites for hydroxylation is 2. The molecule has 1 aromatic heterocycles. The second kappa shape index (κ2) is 3.81. The molecule has 2 aromatic rings. The summed E-state index contributed by atoms with van der Waals surface area (Å²) in [5.41, 5.74) is 0.755. The number of aromatic nitrogens is 2. The van der Waals surface area contributed by atoms with E-state index in [9.17, 15) is 9.59 Å². The predicted octanol–water partition coefficient (Wildman–Crippen LogP) is 0.845. The highest BCUT2D eigenvalue weighted by Crippen LogP contribution is 2.05. The summed E-state index contributed by atoms with van der Waals surface area (Å²) in [6, 6.07) is 7.44. The molecule has 4 nitrogen and oxygen atoms in total. The molecule has 82 valence electrons. The molecule has 0 atom stereocenters. The Bertz CT molecular complexity index is 621. The first-order valence-electron chi connectivity index (χ1n) is 4.95. The van der Waals surface area contributed by atoms with Gasteiger partial charge in [0.15, 0.2) is 0 Å². The average molecular weight is 216 g/mol. The molecule has 2 rings (SSSR count). The summed E-state index contributed by atoms with van der Waals surface area (Å²) in [6.07, 6.45) is 3.16. The fourth-order valence-electron chi connectivity index (χ4n) is 1.46. The molecule has 0 saturated carbocycles. The summed E-state index contributed by atoms with van der Waals surface area (Å²) in [5, 5.41) is 0. The first-order chi connectivity index (χ1) is 7.59. The Hall–Kier alpha value is -2.10. The highest BCUT2D eigenvalue weighted by Gasteiger charge is 2.03. The Morgan fingerprint density at radius 3 is 2.19 bits per heavy atom. The van der Waals surface area contributed by atoms with Gasteiger partial charge in [0, 0.05) is 25.1 Å². The molecular weight excluding hydrogens is 204 g/mol. The van der Waals surface area contributed by atoms with Crippen molar-refractivity contribution in [1.82, 2.24) is 9.13 Å². The first kappa shape index (κ1) is 10.4. The number of hydrogen-bond acceptors (Lipinski definition) is 2. The van der Waals surface area contributed by atoms with Crippen LogP contribution in [-0.4, -0.2) is 9.13 Å². The van der Waals surface area contributed by atoms with Crippen LogP contribution in [0.2, 0.25) is 0 Å². The van der Waals surface area contributed by atoms with E-state index < -0.39 is 11.1 Å². The van der Waals surface area contributed by atoms with Gasteiger partial charge in [-0.1, -0.05) is 17.7 Å². The molecule has 0 saturated heterocycles. The molecule has 0 N–H and O–H groups in total.